The highest BCUT2D eigenvalue weighted by molar-refractivity contribution is 6.09. The van der Waals surface area contributed by atoms with E-state index in [4.69, 9.17) is 23.8 Å². The number of anilines is 2. The fraction of sp³-hybridized carbons (Fsp3) is 0. The van der Waals surface area contributed by atoms with Crippen molar-refractivity contribution in [2.24, 2.45) is 0 Å². The van der Waals surface area contributed by atoms with Gasteiger partial charge in [-0.2, -0.15) is 0 Å². The molecule has 6 nitrogen and oxygen atoms in total. The van der Waals surface area contributed by atoms with E-state index in [1.165, 1.54) is 0 Å². The van der Waals surface area contributed by atoms with Gasteiger partial charge in [-0.1, -0.05) is 176 Å². The molecular formula is C57H38N4O2. The van der Waals surface area contributed by atoms with Crippen LogP contribution in [0.5, 0.6) is 0 Å². The third-order valence-electron chi connectivity index (χ3n) is 11.4. The molecule has 8 aromatic carbocycles. The molecule has 0 spiro atoms. The summed E-state index contributed by atoms with van der Waals surface area (Å²) in [6.07, 6.45) is 5.81. The van der Waals surface area contributed by atoms with Crippen LogP contribution in [0.3, 0.4) is 0 Å². The summed E-state index contributed by atoms with van der Waals surface area (Å²) in [5.41, 5.74) is 12.0. The second-order valence-electron chi connectivity index (χ2n) is 15.2. The van der Waals surface area contributed by atoms with Crippen molar-refractivity contribution in [3.8, 4) is 56.4 Å². The van der Waals surface area contributed by atoms with Gasteiger partial charge in [0.1, 0.15) is 22.2 Å². The molecule has 11 aromatic rings. The molecule has 0 N–H and O–H groups in total. The Kier molecular flexibility index (Phi) is 9.56. The molecule has 0 saturated heterocycles. The van der Waals surface area contributed by atoms with E-state index in [9.17, 15) is 0 Å². The molecule has 6 heteroatoms. The molecule has 0 amide bonds. The van der Waals surface area contributed by atoms with E-state index in [0.717, 1.165) is 82.9 Å². The Hall–Kier alpha value is -8.61. The van der Waals surface area contributed by atoms with Crippen molar-refractivity contribution < 1.29 is 8.83 Å². The zero-order valence-corrected chi connectivity index (χ0v) is 34.1. The maximum absolute atomic E-state index is 6.66. The molecule has 3 aromatic heterocycles. The first-order chi connectivity index (χ1) is 31.2. The number of allylic oxidation sites excluding steroid dienone is 1. The molecule has 0 unspecified atom stereocenters. The Bertz CT molecular complexity index is 3500. The van der Waals surface area contributed by atoms with E-state index in [2.05, 4.69) is 127 Å². The summed E-state index contributed by atoms with van der Waals surface area (Å²) in [5, 5.41) is 3.93. The maximum atomic E-state index is 6.66. The SMILES string of the molecule is C=C/C=c1/oc2cccc(-c3nc(-c4ccccc4)nc(-c4ccccc4)n3)c2/c1=C/N(c1ccc(-c2ccccc2)cc1)c1ccc(-c2cccc3c2oc2ccccc23)cc1. The lowest BCUT2D eigenvalue weighted by molar-refractivity contribution is 0.575. The van der Waals surface area contributed by atoms with Gasteiger partial charge in [-0.05, 0) is 59.2 Å². The summed E-state index contributed by atoms with van der Waals surface area (Å²) in [6.45, 7) is 4.06. The molecule has 0 saturated carbocycles. The molecule has 0 aliphatic rings. The van der Waals surface area contributed by atoms with Crippen molar-refractivity contribution in [1.29, 1.82) is 0 Å². The summed E-state index contributed by atoms with van der Waals surface area (Å²) in [6, 6.07) is 68.3. The van der Waals surface area contributed by atoms with E-state index in [-0.39, 0.29) is 0 Å². The largest absolute Gasteiger partial charge is 0.456 e. The molecule has 63 heavy (non-hydrogen) atoms. The van der Waals surface area contributed by atoms with Crippen LogP contribution in [0.2, 0.25) is 0 Å². The smallest absolute Gasteiger partial charge is 0.164 e. The zero-order chi connectivity index (χ0) is 42.1. The van der Waals surface area contributed by atoms with Crippen LogP contribution >= 0.6 is 0 Å². The average molecular weight is 811 g/mol. The van der Waals surface area contributed by atoms with Crippen molar-refractivity contribution in [2.45, 2.75) is 0 Å². The summed E-state index contributed by atoms with van der Waals surface area (Å²) in [4.78, 5) is 17.4. The van der Waals surface area contributed by atoms with Crippen molar-refractivity contribution in [1.82, 2.24) is 15.0 Å². The Morgan fingerprint density at radius 3 is 1.57 bits per heavy atom. The standard InChI is InChI=1S/C57H38N4O2/c1-2-16-50-49(53-48(26-15-28-52(53)62-50)57-59-55(41-19-8-4-9-20-41)58-56(60-57)42-21-10-5-11-22-42)37-61(43-33-29-39(30-34-43)38-17-6-3-7-18-38)44-35-31-40(32-36-44)45-24-14-25-47-46-23-12-13-27-51(46)63-54(45)47/h2-37H,1H2/b49-37+,50-16+. The molecular weight excluding hydrogens is 773 g/mol. The summed E-state index contributed by atoms with van der Waals surface area (Å²) < 4.78 is 13.1. The number of furan rings is 2. The number of rotatable bonds is 9. The molecule has 298 valence electrons. The number of hydrogen-bond donors (Lipinski definition) is 0. The lowest BCUT2D eigenvalue weighted by Crippen LogP contribution is -2.25. The molecule has 3 heterocycles. The van der Waals surface area contributed by atoms with Gasteiger partial charge in [0.15, 0.2) is 17.5 Å². The molecule has 0 radical (unpaired) electrons. The van der Waals surface area contributed by atoms with Gasteiger partial charge >= 0.3 is 0 Å². The first-order valence-corrected chi connectivity index (χ1v) is 20.9. The van der Waals surface area contributed by atoms with Crippen LogP contribution < -0.4 is 15.5 Å². The highest BCUT2D eigenvalue weighted by atomic mass is 16.3. The van der Waals surface area contributed by atoms with Gasteiger partial charge in [-0.15, -0.1) is 0 Å². The minimum atomic E-state index is 0.539. The van der Waals surface area contributed by atoms with Crippen LogP contribution in [0.25, 0.3) is 102 Å². The molecule has 0 atom stereocenters. The number of aromatic nitrogens is 3. The maximum Gasteiger partial charge on any atom is 0.164 e. The number of benzene rings is 8. The summed E-state index contributed by atoms with van der Waals surface area (Å²) in [7, 11) is 0. The van der Waals surface area contributed by atoms with Crippen LogP contribution in [0.15, 0.2) is 222 Å². The quantitative estimate of drug-likeness (QED) is 0.145. The fourth-order valence-electron chi connectivity index (χ4n) is 8.31. The topological polar surface area (TPSA) is 68.2 Å². The number of nitrogens with zero attached hydrogens (tertiary/aromatic N) is 4. The van der Waals surface area contributed by atoms with Gasteiger partial charge < -0.3 is 13.7 Å². The van der Waals surface area contributed by atoms with Gasteiger partial charge in [-0.3, -0.25) is 0 Å². The number of fused-ring (bicyclic) bond motifs is 4. The second kappa shape index (κ2) is 16.1. The van der Waals surface area contributed by atoms with E-state index in [1.807, 2.05) is 97.1 Å². The Morgan fingerprint density at radius 1 is 0.413 bits per heavy atom. The summed E-state index contributed by atoms with van der Waals surface area (Å²) in [5.74, 6) is 1.71. The lowest BCUT2D eigenvalue weighted by Gasteiger charge is -2.22. The first-order valence-electron chi connectivity index (χ1n) is 20.9. The number of para-hydroxylation sites is 2. The van der Waals surface area contributed by atoms with Crippen LogP contribution in [0.4, 0.5) is 11.4 Å². The Balaban J connectivity index is 1.11. The molecule has 0 aliphatic carbocycles. The lowest BCUT2D eigenvalue weighted by atomic mass is 10.0. The van der Waals surface area contributed by atoms with E-state index in [0.29, 0.717) is 28.5 Å². The molecule has 0 aliphatic heterocycles. The minimum Gasteiger partial charge on any atom is -0.456 e. The van der Waals surface area contributed by atoms with Gasteiger partial charge in [0.25, 0.3) is 0 Å². The zero-order valence-electron chi connectivity index (χ0n) is 34.1. The molecule has 0 fully saturated rings. The number of hydrogen-bond acceptors (Lipinski definition) is 6. The van der Waals surface area contributed by atoms with Gasteiger partial charge in [0, 0.05) is 61.2 Å². The third kappa shape index (κ3) is 7.05. The predicted octanol–water partition coefficient (Wildman–Crippen LogP) is 13.4. The van der Waals surface area contributed by atoms with Crippen molar-refractivity contribution in [2.75, 3.05) is 4.90 Å². The highest BCUT2D eigenvalue weighted by Gasteiger charge is 2.19. The second-order valence-corrected chi connectivity index (χ2v) is 15.2. The van der Waals surface area contributed by atoms with Crippen molar-refractivity contribution in [3.63, 3.8) is 0 Å². The Morgan fingerprint density at radius 2 is 0.921 bits per heavy atom. The predicted molar refractivity (Wildman–Crippen MR) is 257 cm³/mol. The highest BCUT2D eigenvalue weighted by Crippen LogP contribution is 2.38. The van der Waals surface area contributed by atoms with E-state index in [1.54, 1.807) is 6.08 Å². The van der Waals surface area contributed by atoms with Crippen LogP contribution in [0, 0.1) is 0 Å². The van der Waals surface area contributed by atoms with Gasteiger partial charge in [0.2, 0.25) is 0 Å². The van der Waals surface area contributed by atoms with E-state index < -0.39 is 0 Å². The van der Waals surface area contributed by atoms with Gasteiger partial charge in [0.05, 0.1) is 0 Å². The average Bonchev–Trinajstić information content (AvgIpc) is 3.92. The summed E-state index contributed by atoms with van der Waals surface area (Å²) >= 11 is 0. The minimum absolute atomic E-state index is 0.539. The van der Waals surface area contributed by atoms with E-state index >= 15 is 0 Å². The van der Waals surface area contributed by atoms with Gasteiger partial charge in [-0.25, -0.2) is 15.0 Å². The van der Waals surface area contributed by atoms with Crippen LogP contribution in [-0.2, 0) is 0 Å². The molecule has 0 bridgehead atoms. The van der Waals surface area contributed by atoms with Crippen molar-refractivity contribution in [3.05, 3.63) is 223 Å². The van der Waals surface area contributed by atoms with Crippen molar-refractivity contribution >= 4 is 56.6 Å². The Labute approximate surface area is 363 Å². The monoisotopic (exact) mass is 810 g/mol. The fourth-order valence-corrected chi connectivity index (χ4v) is 8.31. The van der Waals surface area contributed by atoms with Crippen LogP contribution in [0.1, 0.15) is 0 Å². The molecule has 11 rings (SSSR count). The normalized spacial score (nSPS) is 12.1. The van der Waals surface area contributed by atoms with Crippen LogP contribution in [-0.4, -0.2) is 15.0 Å². The first kappa shape index (κ1) is 37.4. The third-order valence-corrected chi connectivity index (χ3v) is 11.4.